The Bertz CT molecular complexity index is 1300. The molecule has 4 aromatic rings. The molecular formula is C22H20Cl3N5O. The maximum atomic E-state index is 13.0. The summed E-state index contributed by atoms with van der Waals surface area (Å²) in [4.78, 5) is 20.7. The summed E-state index contributed by atoms with van der Waals surface area (Å²) in [5, 5.41) is 9.22. The summed E-state index contributed by atoms with van der Waals surface area (Å²) in [6, 6.07) is 11.1. The minimum atomic E-state index is -0.247. The van der Waals surface area contributed by atoms with Crippen LogP contribution in [0.5, 0.6) is 0 Å². The first-order valence-electron chi connectivity index (χ1n) is 9.72. The summed E-state index contributed by atoms with van der Waals surface area (Å²) in [6.07, 6.45) is 0.458. The number of rotatable bonds is 5. The Morgan fingerprint density at radius 2 is 1.74 bits per heavy atom. The number of hydrogen-bond acceptors (Lipinski definition) is 4. The van der Waals surface area contributed by atoms with Gasteiger partial charge in [0.1, 0.15) is 16.9 Å². The van der Waals surface area contributed by atoms with Crippen molar-refractivity contribution in [2.45, 2.75) is 26.2 Å². The van der Waals surface area contributed by atoms with Gasteiger partial charge in [-0.15, -0.1) is 0 Å². The predicted octanol–water partition coefficient (Wildman–Crippen LogP) is 5.82. The lowest BCUT2D eigenvalue weighted by atomic mass is 10.1. The molecule has 2 N–H and O–H groups in total. The fraction of sp³-hybridized carbons (Fsp3) is 0.227. The van der Waals surface area contributed by atoms with Crippen LogP contribution in [0.25, 0.3) is 16.7 Å². The number of hydrogen-bond donors (Lipinski definition) is 2. The van der Waals surface area contributed by atoms with Crippen LogP contribution in [0.3, 0.4) is 0 Å². The third-order valence-corrected chi connectivity index (χ3v) is 5.76. The van der Waals surface area contributed by atoms with Crippen LogP contribution in [0, 0.1) is 0 Å². The molecule has 0 radical (unpaired) electrons. The Morgan fingerprint density at radius 3 is 2.32 bits per heavy atom. The van der Waals surface area contributed by atoms with Crippen LogP contribution in [0.4, 0.5) is 5.69 Å². The normalized spacial score (nSPS) is 11.5. The molecule has 2 aromatic carbocycles. The maximum absolute atomic E-state index is 13.0. The van der Waals surface area contributed by atoms with E-state index < -0.39 is 0 Å². The van der Waals surface area contributed by atoms with E-state index >= 15 is 0 Å². The second kappa shape index (κ2) is 8.54. The van der Waals surface area contributed by atoms with Gasteiger partial charge in [0.15, 0.2) is 5.65 Å². The molecule has 0 aliphatic heterocycles. The number of anilines is 1. The average molecular weight is 477 g/mol. The zero-order valence-corrected chi connectivity index (χ0v) is 19.4. The van der Waals surface area contributed by atoms with Crippen LogP contribution < -0.4 is 10.9 Å². The van der Waals surface area contributed by atoms with Gasteiger partial charge >= 0.3 is 0 Å². The molecule has 0 unspecified atom stereocenters. The van der Waals surface area contributed by atoms with Crippen LogP contribution in [0.1, 0.15) is 36.8 Å². The summed E-state index contributed by atoms with van der Waals surface area (Å²) >= 11 is 19.0. The van der Waals surface area contributed by atoms with Gasteiger partial charge in [-0.3, -0.25) is 4.79 Å². The zero-order chi connectivity index (χ0) is 22.3. The molecule has 0 spiro atoms. The number of aromatic nitrogens is 4. The monoisotopic (exact) mass is 475 g/mol. The van der Waals surface area contributed by atoms with Gasteiger partial charge in [-0.05, 0) is 35.7 Å². The first-order valence-corrected chi connectivity index (χ1v) is 10.8. The van der Waals surface area contributed by atoms with E-state index in [1.165, 1.54) is 4.68 Å². The Kier molecular flexibility index (Phi) is 5.97. The molecular weight excluding hydrogens is 457 g/mol. The topological polar surface area (TPSA) is 75.6 Å². The van der Waals surface area contributed by atoms with E-state index in [2.05, 4.69) is 15.4 Å². The van der Waals surface area contributed by atoms with Crippen molar-refractivity contribution in [1.82, 2.24) is 19.7 Å². The van der Waals surface area contributed by atoms with Crippen LogP contribution >= 0.6 is 34.8 Å². The summed E-state index contributed by atoms with van der Waals surface area (Å²) in [5.41, 5.74) is 3.23. The van der Waals surface area contributed by atoms with Gasteiger partial charge in [0.25, 0.3) is 5.56 Å². The lowest BCUT2D eigenvalue weighted by molar-refractivity contribution is 0.776. The van der Waals surface area contributed by atoms with Gasteiger partial charge in [0.05, 0.1) is 15.7 Å². The Balaban J connectivity index is 1.91. The summed E-state index contributed by atoms with van der Waals surface area (Å²) in [7, 11) is 1.86. The van der Waals surface area contributed by atoms with E-state index in [-0.39, 0.29) is 11.5 Å². The molecule has 0 amide bonds. The van der Waals surface area contributed by atoms with Gasteiger partial charge in [-0.2, -0.15) is 5.10 Å². The third kappa shape index (κ3) is 4.15. The molecule has 6 nitrogen and oxygen atoms in total. The number of H-pyrrole nitrogens is 1. The van der Waals surface area contributed by atoms with E-state index in [4.69, 9.17) is 39.8 Å². The molecule has 9 heteroatoms. The van der Waals surface area contributed by atoms with Crippen molar-refractivity contribution in [2.24, 2.45) is 0 Å². The SMILES string of the molecule is CNc1ccc(Cc2nc3c(c(C(C)C)nn3-c3c(Cl)cc(Cl)cc3Cl)c(=O)[nH]2)cc1. The van der Waals surface area contributed by atoms with Gasteiger partial charge < -0.3 is 10.3 Å². The highest BCUT2D eigenvalue weighted by Gasteiger charge is 2.22. The molecule has 2 heterocycles. The fourth-order valence-corrected chi connectivity index (χ4v) is 4.44. The average Bonchev–Trinajstić information content (AvgIpc) is 3.08. The zero-order valence-electron chi connectivity index (χ0n) is 17.1. The first-order chi connectivity index (χ1) is 14.8. The quantitative estimate of drug-likeness (QED) is 0.380. The maximum Gasteiger partial charge on any atom is 0.262 e. The van der Waals surface area contributed by atoms with Gasteiger partial charge in [-0.1, -0.05) is 60.8 Å². The van der Waals surface area contributed by atoms with E-state index in [0.717, 1.165) is 11.3 Å². The highest BCUT2D eigenvalue weighted by Crippen LogP contribution is 2.34. The summed E-state index contributed by atoms with van der Waals surface area (Å²) in [5.74, 6) is 0.517. The van der Waals surface area contributed by atoms with E-state index in [1.54, 1.807) is 12.1 Å². The molecule has 2 aromatic heterocycles. The van der Waals surface area contributed by atoms with Crippen molar-refractivity contribution in [3.05, 3.63) is 78.9 Å². The second-order valence-electron chi connectivity index (χ2n) is 7.50. The number of fused-ring (bicyclic) bond motifs is 1. The number of aromatic amines is 1. The van der Waals surface area contributed by atoms with Gasteiger partial charge in [0, 0.05) is 24.2 Å². The highest BCUT2D eigenvalue weighted by molar-refractivity contribution is 6.40. The highest BCUT2D eigenvalue weighted by atomic mass is 35.5. The molecule has 4 rings (SSSR count). The van der Waals surface area contributed by atoms with Crippen molar-refractivity contribution >= 4 is 51.5 Å². The van der Waals surface area contributed by atoms with E-state index in [1.807, 2.05) is 45.2 Å². The third-order valence-electron chi connectivity index (χ3n) is 4.97. The summed E-state index contributed by atoms with van der Waals surface area (Å²) in [6.45, 7) is 3.93. The predicted molar refractivity (Wildman–Crippen MR) is 127 cm³/mol. The van der Waals surface area contributed by atoms with E-state index in [0.29, 0.717) is 49.7 Å². The lowest BCUT2D eigenvalue weighted by Gasteiger charge is -2.09. The van der Waals surface area contributed by atoms with Crippen LogP contribution in [0.15, 0.2) is 41.2 Å². The van der Waals surface area contributed by atoms with Crippen molar-refractivity contribution in [3.63, 3.8) is 0 Å². The van der Waals surface area contributed by atoms with Crippen molar-refractivity contribution in [3.8, 4) is 5.69 Å². The Morgan fingerprint density at radius 1 is 1.10 bits per heavy atom. The molecule has 0 fully saturated rings. The Hall–Kier alpha value is -2.54. The van der Waals surface area contributed by atoms with Crippen LogP contribution in [-0.4, -0.2) is 26.8 Å². The van der Waals surface area contributed by atoms with Crippen molar-refractivity contribution in [2.75, 3.05) is 12.4 Å². The number of nitrogens with zero attached hydrogens (tertiary/aromatic N) is 3. The standard InChI is InChI=1S/C22H20Cl3N5O/c1-11(2)19-18-21(30(29-19)20-15(24)9-13(23)10-16(20)25)27-17(28-22(18)31)8-12-4-6-14(26-3)7-5-12/h4-7,9-11,26H,8H2,1-3H3,(H,27,28,31). The number of halogens is 3. The lowest BCUT2D eigenvalue weighted by Crippen LogP contribution is -2.14. The number of benzene rings is 2. The molecule has 0 saturated heterocycles. The molecule has 0 saturated carbocycles. The molecule has 160 valence electrons. The van der Waals surface area contributed by atoms with Gasteiger partial charge in [0.2, 0.25) is 0 Å². The largest absolute Gasteiger partial charge is 0.388 e. The minimum Gasteiger partial charge on any atom is -0.388 e. The first kappa shape index (κ1) is 21.7. The molecule has 31 heavy (non-hydrogen) atoms. The minimum absolute atomic E-state index is 0.00330. The van der Waals surface area contributed by atoms with Crippen LogP contribution in [0.2, 0.25) is 15.1 Å². The Labute approximate surface area is 194 Å². The van der Waals surface area contributed by atoms with Gasteiger partial charge in [-0.25, -0.2) is 9.67 Å². The number of nitrogens with one attached hydrogen (secondary N) is 2. The molecule has 0 bridgehead atoms. The van der Waals surface area contributed by atoms with Crippen LogP contribution in [-0.2, 0) is 6.42 Å². The molecule has 0 aliphatic carbocycles. The van der Waals surface area contributed by atoms with Crippen molar-refractivity contribution in [1.29, 1.82) is 0 Å². The molecule has 0 aliphatic rings. The summed E-state index contributed by atoms with van der Waals surface area (Å²) < 4.78 is 1.54. The second-order valence-corrected chi connectivity index (χ2v) is 8.76. The van der Waals surface area contributed by atoms with E-state index in [9.17, 15) is 4.79 Å². The van der Waals surface area contributed by atoms with Crippen molar-refractivity contribution < 1.29 is 0 Å². The molecule has 0 atom stereocenters. The fourth-order valence-electron chi connectivity index (χ4n) is 3.46. The smallest absolute Gasteiger partial charge is 0.262 e.